The Morgan fingerprint density at radius 1 is 1.44 bits per heavy atom. The molecule has 0 amide bonds. The first-order valence-corrected chi connectivity index (χ1v) is 7.53. The minimum absolute atomic E-state index is 0.0713. The van der Waals surface area contributed by atoms with Crippen molar-refractivity contribution in [1.82, 2.24) is 4.90 Å². The Morgan fingerprint density at radius 2 is 2.00 bits per heavy atom. The maximum atomic E-state index is 11.3. The van der Waals surface area contributed by atoms with Crippen molar-refractivity contribution in [2.75, 3.05) is 25.1 Å². The van der Waals surface area contributed by atoms with E-state index in [9.17, 15) is 13.5 Å². The van der Waals surface area contributed by atoms with Crippen LogP contribution >= 0.6 is 0 Å². The number of hydrogen-bond acceptors (Lipinski definition) is 4. The van der Waals surface area contributed by atoms with E-state index in [4.69, 9.17) is 0 Å². The van der Waals surface area contributed by atoms with E-state index in [0.717, 1.165) is 0 Å². The molecule has 1 rings (SSSR count). The summed E-state index contributed by atoms with van der Waals surface area (Å²) in [5, 5.41) is 9.96. The first-order valence-electron chi connectivity index (χ1n) is 5.70. The van der Waals surface area contributed by atoms with Crippen molar-refractivity contribution in [3.8, 4) is 0 Å². The monoisotopic (exact) mass is 249 g/mol. The van der Waals surface area contributed by atoms with E-state index in [2.05, 4.69) is 0 Å². The molecule has 1 saturated heterocycles. The Hall–Kier alpha value is -0.130. The maximum Gasteiger partial charge on any atom is 0.151 e. The van der Waals surface area contributed by atoms with E-state index in [-0.39, 0.29) is 23.0 Å². The summed E-state index contributed by atoms with van der Waals surface area (Å²) in [5.74, 6) is 0.522. The second-order valence-electron chi connectivity index (χ2n) is 5.88. The summed E-state index contributed by atoms with van der Waals surface area (Å²) >= 11 is 0. The second-order valence-corrected chi connectivity index (χ2v) is 8.11. The van der Waals surface area contributed by atoms with Gasteiger partial charge in [-0.2, -0.15) is 0 Å². The van der Waals surface area contributed by atoms with Gasteiger partial charge in [-0.15, -0.1) is 0 Å². The van der Waals surface area contributed by atoms with Gasteiger partial charge < -0.3 is 5.11 Å². The van der Waals surface area contributed by atoms with Crippen molar-refractivity contribution in [3.63, 3.8) is 0 Å². The molecule has 96 valence electrons. The van der Waals surface area contributed by atoms with Crippen molar-refractivity contribution in [2.45, 2.75) is 39.3 Å². The predicted molar refractivity (Wildman–Crippen MR) is 65.2 cm³/mol. The minimum atomic E-state index is -2.84. The SMILES string of the molecule is CN(CC(O)C(C)(C)C)C1CCS(=O)(=O)C1. The smallest absolute Gasteiger partial charge is 0.151 e. The molecule has 1 fully saturated rings. The van der Waals surface area contributed by atoms with Gasteiger partial charge in [0.15, 0.2) is 9.84 Å². The van der Waals surface area contributed by atoms with Crippen LogP contribution in [0.1, 0.15) is 27.2 Å². The summed E-state index contributed by atoms with van der Waals surface area (Å²) in [6.45, 7) is 6.48. The molecule has 0 aromatic rings. The molecule has 0 saturated carbocycles. The van der Waals surface area contributed by atoms with Gasteiger partial charge in [0.25, 0.3) is 0 Å². The van der Waals surface area contributed by atoms with Crippen LogP contribution in [0, 0.1) is 5.41 Å². The molecule has 1 N–H and O–H groups in total. The van der Waals surface area contributed by atoms with Crippen LogP contribution in [0.4, 0.5) is 0 Å². The maximum absolute atomic E-state index is 11.3. The fraction of sp³-hybridized carbons (Fsp3) is 1.00. The number of sulfone groups is 1. The summed E-state index contributed by atoms with van der Waals surface area (Å²) in [5.41, 5.74) is -0.161. The van der Waals surface area contributed by atoms with E-state index >= 15 is 0 Å². The molecular weight excluding hydrogens is 226 g/mol. The highest BCUT2D eigenvalue weighted by atomic mass is 32.2. The number of likely N-dealkylation sites (N-methyl/N-ethyl adjacent to an activating group) is 1. The lowest BCUT2D eigenvalue weighted by atomic mass is 9.89. The largest absolute Gasteiger partial charge is 0.391 e. The average Bonchev–Trinajstić information content (AvgIpc) is 2.44. The van der Waals surface area contributed by atoms with E-state index in [1.54, 1.807) is 0 Å². The van der Waals surface area contributed by atoms with Gasteiger partial charge in [0.1, 0.15) is 0 Å². The number of aliphatic hydroxyl groups excluding tert-OH is 1. The average molecular weight is 249 g/mol. The molecule has 0 bridgehead atoms. The zero-order valence-electron chi connectivity index (χ0n) is 10.6. The third-order valence-corrected chi connectivity index (χ3v) is 5.04. The van der Waals surface area contributed by atoms with Crippen molar-refractivity contribution >= 4 is 9.84 Å². The Kier molecular flexibility index (Phi) is 4.03. The molecular formula is C11H23NO3S. The van der Waals surface area contributed by atoms with E-state index in [1.807, 2.05) is 32.7 Å². The lowest BCUT2D eigenvalue weighted by Gasteiger charge is -2.32. The molecule has 4 nitrogen and oxygen atoms in total. The molecule has 0 aromatic carbocycles. The highest BCUT2D eigenvalue weighted by Crippen LogP contribution is 2.22. The zero-order chi connectivity index (χ0) is 12.6. The molecule has 0 aliphatic carbocycles. The van der Waals surface area contributed by atoms with Crippen LogP contribution in [0.3, 0.4) is 0 Å². The number of rotatable bonds is 3. The molecule has 1 aliphatic heterocycles. The fourth-order valence-electron chi connectivity index (χ4n) is 1.82. The molecule has 0 aromatic heterocycles. The van der Waals surface area contributed by atoms with Crippen LogP contribution in [0.2, 0.25) is 0 Å². The molecule has 16 heavy (non-hydrogen) atoms. The molecule has 0 spiro atoms. The molecule has 1 aliphatic rings. The lowest BCUT2D eigenvalue weighted by molar-refractivity contribution is 0.0270. The Bertz CT molecular complexity index is 332. The summed E-state index contributed by atoms with van der Waals surface area (Å²) in [6.07, 6.45) is 0.260. The Morgan fingerprint density at radius 3 is 2.38 bits per heavy atom. The van der Waals surface area contributed by atoms with Crippen molar-refractivity contribution in [3.05, 3.63) is 0 Å². The minimum Gasteiger partial charge on any atom is -0.391 e. The summed E-state index contributed by atoms with van der Waals surface area (Å²) < 4.78 is 22.7. The normalized spacial score (nSPS) is 27.2. The van der Waals surface area contributed by atoms with Crippen LogP contribution < -0.4 is 0 Å². The standard InChI is InChI=1S/C11H23NO3S/c1-11(2,3)10(13)7-12(4)9-5-6-16(14,15)8-9/h9-10,13H,5-8H2,1-4H3. The number of nitrogens with zero attached hydrogens (tertiary/aromatic N) is 1. The first-order chi connectivity index (χ1) is 7.12. The second kappa shape index (κ2) is 4.63. The van der Waals surface area contributed by atoms with E-state index in [0.29, 0.717) is 13.0 Å². The van der Waals surface area contributed by atoms with Crippen LogP contribution in [0.15, 0.2) is 0 Å². The Balaban J connectivity index is 2.51. The van der Waals surface area contributed by atoms with Crippen LogP contribution in [0.5, 0.6) is 0 Å². The number of aliphatic hydroxyl groups is 1. The third kappa shape index (κ3) is 3.71. The van der Waals surface area contributed by atoms with Crippen molar-refractivity contribution in [1.29, 1.82) is 0 Å². The van der Waals surface area contributed by atoms with Gasteiger partial charge in [-0.05, 0) is 18.9 Å². The summed E-state index contributed by atoms with van der Waals surface area (Å²) in [7, 11) is -0.946. The molecule has 5 heteroatoms. The Labute approximate surface area is 98.6 Å². The topological polar surface area (TPSA) is 57.6 Å². The third-order valence-electron chi connectivity index (χ3n) is 3.29. The predicted octanol–water partition coefficient (Wildman–Crippen LogP) is 0.512. The van der Waals surface area contributed by atoms with Crippen LogP contribution in [0.25, 0.3) is 0 Å². The van der Waals surface area contributed by atoms with Gasteiger partial charge in [0, 0.05) is 12.6 Å². The zero-order valence-corrected chi connectivity index (χ0v) is 11.4. The molecule has 1 heterocycles. The fourth-order valence-corrected chi connectivity index (χ4v) is 3.62. The molecule has 2 unspecified atom stereocenters. The molecule has 2 atom stereocenters. The van der Waals surface area contributed by atoms with Gasteiger partial charge in [0.2, 0.25) is 0 Å². The first kappa shape index (κ1) is 13.9. The summed E-state index contributed by atoms with van der Waals surface area (Å²) in [4.78, 5) is 1.97. The highest BCUT2D eigenvalue weighted by molar-refractivity contribution is 7.91. The quantitative estimate of drug-likeness (QED) is 0.792. The van der Waals surface area contributed by atoms with Gasteiger partial charge in [0.05, 0.1) is 17.6 Å². The van der Waals surface area contributed by atoms with Crippen molar-refractivity contribution in [2.24, 2.45) is 5.41 Å². The van der Waals surface area contributed by atoms with Crippen molar-refractivity contribution < 1.29 is 13.5 Å². The number of hydrogen-bond donors (Lipinski definition) is 1. The van der Waals surface area contributed by atoms with Gasteiger partial charge in [-0.3, -0.25) is 4.90 Å². The van der Waals surface area contributed by atoms with E-state index < -0.39 is 15.9 Å². The van der Waals surface area contributed by atoms with E-state index in [1.165, 1.54) is 0 Å². The molecule has 0 radical (unpaired) electrons. The van der Waals surface area contributed by atoms with Crippen LogP contribution in [-0.4, -0.2) is 55.7 Å². The van der Waals surface area contributed by atoms with Crippen LogP contribution in [-0.2, 0) is 9.84 Å². The summed E-state index contributed by atoms with van der Waals surface area (Å²) in [6, 6.07) is 0.0713. The van der Waals surface area contributed by atoms with Gasteiger partial charge in [-0.25, -0.2) is 8.42 Å². The lowest BCUT2D eigenvalue weighted by Crippen LogP contribution is -2.42. The van der Waals surface area contributed by atoms with Gasteiger partial charge >= 0.3 is 0 Å². The van der Waals surface area contributed by atoms with Gasteiger partial charge in [-0.1, -0.05) is 20.8 Å². The highest BCUT2D eigenvalue weighted by Gasteiger charge is 2.33.